The third-order valence-corrected chi connectivity index (χ3v) is 3.46. The highest BCUT2D eigenvalue weighted by atomic mass is 16.7. The van der Waals surface area contributed by atoms with Crippen molar-refractivity contribution in [3.05, 3.63) is 0 Å². The first-order chi connectivity index (χ1) is 9.08. The second kappa shape index (κ2) is 6.68. The van der Waals surface area contributed by atoms with Crippen LogP contribution in [0.3, 0.4) is 0 Å². The van der Waals surface area contributed by atoms with E-state index < -0.39 is 36.0 Å². The Kier molecular flexibility index (Phi) is 5.95. The molecule has 120 valence electrons. The fourth-order valence-electron chi connectivity index (χ4n) is 2.18. The number of rotatable bonds is 6. The summed E-state index contributed by atoms with van der Waals surface area (Å²) in [6.07, 6.45) is -2.65. The maximum Gasteiger partial charge on any atom is 0.163 e. The fourth-order valence-corrected chi connectivity index (χ4v) is 2.18. The molecule has 0 aliphatic carbocycles. The molecule has 1 aliphatic rings. The van der Waals surface area contributed by atoms with Crippen molar-refractivity contribution in [1.29, 1.82) is 0 Å². The Morgan fingerprint density at radius 3 is 2.40 bits per heavy atom. The van der Waals surface area contributed by atoms with E-state index in [0.29, 0.717) is 13.0 Å². The topological polar surface area (TPSA) is 77.4 Å². The van der Waals surface area contributed by atoms with Crippen molar-refractivity contribution >= 4 is 0 Å². The van der Waals surface area contributed by atoms with Crippen molar-refractivity contribution < 1.29 is 29.2 Å². The molecule has 0 spiro atoms. The predicted molar refractivity (Wildman–Crippen MR) is 73.2 cm³/mol. The van der Waals surface area contributed by atoms with Crippen molar-refractivity contribution in [3.63, 3.8) is 0 Å². The molecule has 6 nitrogen and oxygen atoms in total. The molecule has 0 saturated carbocycles. The Morgan fingerprint density at radius 1 is 1.30 bits per heavy atom. The van der Waals surface area contributed by atoms with Crippen LogP contribution in [0.15, 0.2) is 0 Å². The Morgan fingerprint density at radius 2 is 1.90 bits per heavy atom. The third kappa shape index (κ3) is 4.95. The first-order valence-electron chi connectivity index (χ1n) is 6.99. The van der Waals surface area contributed by atoms with Gasteiger partial charge >= 0.3 is 0 Å². The quantitative estimate of drug-likeness (QED) is 0.712. The average molecular weight is 292 g/mol. The SMILES string of the molecule is COC(C)(C)OC(C)C(O)C(O)C1CCOC(C)(C)O1. The van der Waals surface area contributed by atoms with E-state index in [1.165, 1.54) is 7.11 Å². The molecule has 1 aliphatic heterocycles. The van der Waals surface area contributed by atoms with E-state index in [1.54, 1.807) is 34.6 Å². The number of hydrogen-bond donors (Lipinski definition) is 2. The van der Waals surface area contributed by atoms with E-state index >= 15 is 0 Å². The molecular formula is C14H28O6. The first-order valence-corrected chi connectivity index (χ1v) is 6.99. The second-order valence-corrected chi connectivity index (χ2v) is 6.10. The third-order valence-electron chi connectivity index (χ3n) is 3.46. The van der Waals surface area contributed by atoms with Crippen LogP contribution < -0.4 is 0 Å². The Labute approximate surface area is 121 Å². The molecule has 0 aromatic rings. The lowest BCUT2D eigenvalue weighted by atomic mass is 10.00. The fraction of sp³-hybridized carbons (Fsp3) is 1.00. The van der Waals surface area contributed by atoms with Crippen molar-refractivity contribution in [1.82, 2.24) is 0 Å². The predicted octanol–water partition coefficient (Wildman–Crippen LogP) is 1.04. The van der Waals surface area contributed by atoms with Gasteiger partial charge in [0.15, 0.2) is 11.6 Å². The van der Waals surface area contributed by atoms with Gasteiger partial charge in [-0.25, -0.2) is 0 Å². The van der Waals surface area contributed by atoms with Crippen LogP contribution in [0.5, 0.6) is 0 Å². The lowest BCUT2D eigenvalue weighted by Gasteiger charge is -2.40. The second-order valence-electron chi connectivity index (χ2n) is 6.10. The number of methoxy groups -OCH3 is 1. The number of ether oxygens (including phenoxy) is 4. The molecule has 0 radical (unpaired) electrons. The van der Waals surface area contributed by atoms with Crippen molar-refractivity contribution in [2.24, 2.45) is 0 Å². The normalized spacial score (nSPS) is 27.9. The highest BCUT2D eigenvalue weighted by Crippen LogP contribution is 2.26. The van der Waals surface area contributed by atoms with Crippen molar-refractivity contribution in [2.45, 2.75) is 77.0 Å². The zero-order chi connectivity index (χ0) is 15.6. The van der Waals surface area contributed by atoms with E-state index in [4.69, 9.17) is 18.9 Å². The van der Waals surface area contributed by atoms with Gasteiger partial charge in [-0.15, -0.1) is 0 Å². The molecule has 0 aromatic carbocycles. The van der Waals surface area contributed by atoms with Crippen LogP contribution in [-0.2, 0) is 18.9 Å². The van der Waals surface area contributed by atoms with Gasteiger partial charge in [-0.3, -0.25) is 0 Å². The molecule has 0 bridgehead atoms. The van der Waals surface area contributed by atoms with Gasteiger partial charge in [0.2, 0.25) is 0 Å². The molecule has 1 rings (SSSR count). The smallest absolute Gasteiger partial charge is 0.163 e. The summed E-state index contributed by atoms with van der Waals surface area (Å²) in [7, 11) is 1.53. The van der Waals surface area contributed by atoms with Gasteiger partial charge in [0.25, 0.3) is 0 Å². The summed E-state index contributed by atoms with van der Waals surface area (Å²) in [6.45, 7) is 9.24. The van der Waals surface area contributed by atoms with Gasteiger partial charge in [0.05, 0.1) is 18.8 Å². The van der Waals surface area contributed by atoms with Crippen LogP contribution in [0.1, 0.15) is 41.0 Å². The molecular weight excluding hydrogens is 264 g/mol. The summed E-state index contributed by atoms with van der Waals surface area (Å²) in [5, 5.41) is 20.5. The summed E-state index contributed by atoms with van der Waals surface area (Å²) in [5.41, 5.74) is 0. The summed E-state index contributed by atoms with van der Waals surface area (Å²) in [4.78, 5) is 0. The minimum absolute atomic E-state index is 0.481. The molecule has 4 atom stereocenters. The molecule has 6 heteroatoms. The summed E-state index contributed by atoms with van der Waals surface area (Å²) in [6, 6.07) is 0. The van der Waals surface area contributed by atoms with Crippen LogP contribution in [0.25, 0.3) is 0 Å². The summed E-state index contributed by atoms with van der Waals surface area (Å²) in [5.74, 6) is -1.57. The van der Waals surface area contributed by atoms with Crippen molar-refractivity contribution in [3.8, 4) is 0 Å². The highest BCUT2D eigenvalue weighted by molar-refractivity contribution is 4.84. The van der Waals surface area contributed by atoms with Crippen LogP contribution >= 0.6 is 0 Å². The maximum atomic E-state index is 10.3. The number of hydrogen-bond acceptors (Lipinski definition) is 6. The minimum Gasteiger partial charge on any atom is -0.388 e. The van der Waals surface area contributed by atoms with Crippen LogP contribution in [-0.4, -0.2) is 59.9 Å². The Balaban J connectivity index is 2.59. The van der Waals surface area contributed by atoms with E-state index in [2.05, 4.69) is 0 Å². The van der Waals surface area contributed by atoms with Gasteiger partial charge in [0.1, 0.15) is 12.2 Å². The lowest BCUT2D eigenvalue weighted by Crippen LogP contribution is -2.52. The lowest BCUT2D eigenvalue weighted by molar-refractivity contribution is -0.302. The molecule has 4 unspecified atom stereocenters. The average Bonchev–Trinajstić information content (AvgIpc) is 2.35. The zero-order valence-corrected chi connectivity index (χ0v) is 13.3. The van der Waals surface area contributed by atoms with Crippen LogP contribution in [0.2, 0.25) is 0 Å². The van der Waals surface area contributed by atoms with E-state index in [1.807, 2.05) is 0 Å². The zero-order valence-electron chi connectivity index (χ0n) is 13.3. The Bertz CT molecular complexity index is 304. The summed E-state index contributed by atoms with van der Waals surface area (Å²) >= 11 is 0. The van der Waals surface area contributed by atoms with E-state index in [0.717, 1.165) is 0 Å². The molecule has 1 saturated heterocycles. The van der Waals surface area contributed by atoms with Gasteiger partial charge < -0.3 is 29.2 Å². The molecule has 2 N–H and O–H groups in total. The van der Waals surface area contributed by atoms with Gasteiger partial charge in [0, 0.05) is 7.11 Å². The van der Waals surface area contributed by atoms with Crippen LogP contribution in [0.4, 0.5) is 0 Å². The minimum atomic E-state index is -1.07. The van der Waals surface area contributed by atoms with Crippen LogP contribution in [0, 0.1) is 0 Å². The Hall–Kier alpha value is -0.240. The molecule has 0 amide bonds. The molecule has 20 heavy (non-hydrogen) atoms. The van der Waals surface area contributed by atoms with Crippen molar-refractivity contribution in [2.75, 3.05) is 13.7 Å². The number of aliphatic hydroxyl groups excluding tert-OH is 2. The van der Waals surface area contributed by atoms with E-state index in [9.17, 15) is 10.2 Å². The summed E-state index contributed by atoms with van der Waals surface area (Å²) < 4.78 is 21.8. The largest absolute Gasteiger partial charge is 0.388 e. The maximum absolute atomic E-state index is 10.3. The van der Waals surface area contributed by atoms with E-state index in [-0.39, 0.29) is 0 Å². The monoisotopic (exact) mass is 292 g/mol. The molecule has 0 aromatic heterocycles. The molecule has 1 heterocycles. The van der Waals surface area contributed by atoms with Gasteiger partial charge in [-0.05, 0) is 41.0 Å². The number of aliphatic hydroxyl groups is 2. The highest BCUT2D eigenvalue weighted by Gasteiger charge is 2.39. The van der Waals surface area contributed by atoms with Gasteiger partial charge in [-0.1, -0.05) is 0 Å². The first kappa shape index (κ1) is 17.8. The standard InChI is InChI=1S/C14H28O6/c1-9(19-13(2,3)17-6)11(15)12(16)10-7-8-18-14(4,5)20-10/h9-12,15-16H,7-8H2,1-6H3. The van der Waals surface area contributed by atoms with Gasteiger partial charge in [-0.2, -0.15) is 0 Å². The molecule has 1 fully saturated rings.